The Bertz CT molecular complexity index is 542. The number of rotatable bonds is 6. The number of aryl methyl sites for hydroxylation is 1. The van der Waals surface area contributed by atoms with Crippen LogP contribution in [-0.2, 0) is 19.1 Å². The molecular formula is C12H13O5S-. The summed E-state index contributed by atoms with van der Waals surface area (Å²) in [6.07, 6.45) is -0.104. The monoisotopic (exact) mass is 269 g/mol. The summed E-state index contributed by atoms with van der Waals surface area (Å²) in [6.45, 7) is 4.78. The van der Waals surface area contributed by atoms with Crippen molar-refractivity contribution in [2.45, 2.75) is 18.2 Å². The van der Waals surface area contributed by atoms with Crippen LogP contribution in [0.1, 0.15) is 12.0 Å². The van der Waals surface area contributed by atoms with E-state index in [9.17, 15) is 18.3 Å². The molecule has 0 aliphatic rings. The van der Waals surface area contributed by atoms with Crippen LogP contribution >= 0.6 is 0 Å². The van der Waals surface area contributed by atoms with E-state index in [0.29, 0.717) is 0 Å². The molecule has 5 nitrogen and oxygen atoms in total. The van der Waals surface area contributed by atoms with Gasteiger partial charge in [0.1, 0.15) is 0 Å². The third kappa shape index (κ3) is 3.97. The normalized spacial score (nSPS) is 11.2. The van der Waals surface area contributed by atoms with Crippen molar-refractivity contribution < 1.29 is 22.5 Å². The molecule has 0 radical (unpaired) electrons. The molecule has 0 heterocycles. The van der Waals surface area contributed by atoms with E-state index in [1.807, 2.05) is 6.92 Å². The molecule has 0 saturated heterocycles. The molecule has 1 aromatic rings. The zero-order chi connectivity index (χ0) is 13.8. The van der Waals surface area contributed by atoms with Crippen molar-refractivity contribution in [3.8, 4) is 0 Å². The summed E-state index contributed by atoms with van der Waals surface area (Å²) in [5.74, 6) is -1.41. The second-order valence-electron chi connectivity index (χ2n) is 3.73. The fourth-order valence-corrected chi connectivity index (χ4v) is 2.06. The van der Waals surface area contributed by atoms with E-state index >= 15 is 0 Å². The topological polar surface area (TPSA) is 83.5 Å². The maximum absolute atomic E-state index is 11.7. The highest BCUT2D eigenvalue weighted by Gasteiger charge is 2.14. The molecule has 0 unspecified atom stereocenters. The summed E-state index contributed by atoms with van der Waals surface area (Å²) in [7, 11) is -3.85. The molecule has 0 spiro atoms. The summed E-state index contributed by atoms with van der Waals surface area (Å²) in [5.41, 5.74) is 0.730. The Morgan fingerprint density at radius 1 is 1.33 bits per heavy atom. The summed E-state index contributed by atoms with van der Waals surface area (Å²) in [5, 5.41) is 10.3. The van der Waals surface area contributed by atoms with Gasteiger partial charge in [0, 0.05) is 0 Å². The fraction of sp³-hybridized carbons (Fsp3) is 0.250. The molecule has 0 bridgehead atoms. The molecule has 18 heavy (non-hydrogen) atoms. The second-order valence-corrected chi connectivity index (χ2v) is 5.35. The number of hydrogen-bond donors (Lipinski definition) is 0. The van der Waals surface area contributed by atoms with Gasteiger partial charge in [-0.3, -0.25) is 4.18 Å². The SMILES string of the molecule is C=C(CCOS(=O)(=O)c1ccc(C)cc1)C(=O)[O-]. The van der Waals surface area contributed by atoms with Gasteiger partial charge in [-0.1, -0.05) is 24.3 Å². The molecule has 98 valence electrons. The zero-order valence-electron chi connectivity index (χ0n) is 9.88. The number of aliphatic carboxylic acids is 1. The third-order valence-corrected chi connectivity index (χ3v) is 3.57. The smallest absolute Gasteiger partial charge is 0.296 e. The van der Waals surface area contributed by atoms with E-state index in [0.717, 1.165) is 5.56 Å². The molecule has 0 aliphatic heterocycles. The Morgan fingerprint density at radius 3 is 2.39 bits per heavy atom. The predicted octanol–water partition coefficient (Wildman–Crippen LogP) is 0.397. The van der Waals surface area contributed by atoms with Crippen LogP contribution in [0, 0.1) is 6.92 Å². The van der Waals surface area contributed by atoms with Gasteiger partial charge in [0.2, 0.25) is 0 Å². The number of hydrogen-bond acceptors (Lipinski definition) is 5. The largest absolute Gasteiger partial charge is 0.545 e. The van der Waals surface area contributed by atoms with Crippen LogP contribution in [-0.4, -0.2) is 21.0 Å². The molecular weight excluding hydrogens is 256 g/mol. The number of benzene rings is 1. The van der Waals surface area contributed by atoms with Gasteiger partial charge in [-0.2, -0.15) is 8.42 Å². The Morgan fingerprint density at radius 2 is 1.89 bits per heavy atom. The number of carbonyl (C=O) groups excluding carboxylic acids is 1. The standard InChI is InChI=1S/C12H14O5S/c1-9-3-5-11(6-4-9)18(15,16)17-8-7-10(2)12(13)14/h3-6H,2,7-8H2,1H3,(H,13,14)/p-1. The van der Waals surface area contributed by atoms with E-state index < -0.39 is 16.1 Å². The fourth-order valence-electron chi connectivity index (χ4n) is 1.15. The van der Waals surface area contributed by atoms with Crippen molar-refractivity contribution in [1.82, 2.24) is 0 Å². The van der Waals surface area contributed by atoms with Crippen molar-refractivity contribution in [2.24, 2.45) is 0 Å². The van der Waals surface area contributed by atoms with E-state index in [4.69, 9.17) is 4.18 Å². The van der Waals surface area contributed by atoms with Gasteiger partial charge in [-0.05, 0) is 31.1 Å². The van der Waals surface area contributed by atoms with Crippen LogP contribution in [0.2, 0.25) is 0 Å². The van der Waals surface area contributed by atoms with E-state index in [2.05, 4.69) is 6.58 Å². The first-order valence-corrected chi connectivity index (χ1v) is 6.59. The Labute approximate surface area is 106 Å². The van der Waals surface area contributed by atoms with Crippen molar-refractivity contribution >= 4 is 16.1 Å². The van der Waals surface area contributed by atoms with Crippen molar-refractivity contribution in [2.75, 3.05) is 6.61 Å². The number of carboxylic acids is 1. The highest BCUT2D eigenvalue weighted by atomic mass is 32.2. The lowest BCUT2D eigenvalue weighted by molar-refractivity contribution is -0.299. The van der Waals surface area contributed by atoms with Gasteiger partial charge in [0.25, 0.3) is 10.1 Å². The summed E-state index contributed by atoms with van der Waals surface area (Å²) >= 11 is 0. The molecule has 6 heteroatoms. The molecule has 0 amide bonds. The minimum Gasteiger partial charge on any atom is -0.545 e. The van der Waals surface area contributed by atoms with Crippen LogP contribution in [0.15, 0.2) is 41.3 Å². The minimum absolute atomic E-state index is 0.0344. The highest BCUT2D eigenvalue weighted by molar-refractivity contribution is 7.86. The number of carboxylic acid groups (broad SMARTS) is 1. The molecule has 0 aliphatic carbocycles. The van der Waals surface area contributed by atoms with Crippen LogP contribution in [0.25, 0.3) is 0 Å². The first-order valence-electron chi connectivity index (χ1n) is 5.18. The molecule has 0 saturated carbocycles. The Kier molecular flexibility index (Phi) is 4.63. The molecule has 0 fully saturated rings. The molecule has 0 atom stereocenters. The lowest BCUT2D eigenvalue weighted by Crippen LogP contribution is -2.24. The summed E-state index contributed by atoms with van der Waals surface area (Å²) in [4.78, 5) is 10.4. The Balaban J connectivity index is 2.63. The lowest BCUT2D eigenvalue weighted by atomic mass is 10.2. The molecule has 1 rings (SSSR count). The summed E-state index contributed by atoms with van der Waals surface area (Å²) < 4.78 is 28.1. The van der Waals surface area contributed by atoms with Gasteiger partial charge < -0.3 is 9.90 Å². The number of carbonyl (C=O) groups is 1. The third-order valence-electron chi connectivity index (χ3n) is 2.24. The minimum atomic E-state index is -3.85. The van der Waals surface area contributed by atoms with E-state index in [-0.39, 0.29) is 23.5 Å². The maximum atomic E-state index is 11.7. The van der Waals surface area contributed by atoms with Crippen LogP contribution < -0.4 is 5.11 Å². The second kappa shape index (κ2) is 5.79. The van der Waals surface area contributed by atoms with E-state index in [1.54, 1.807) is 12.1 Å². The summed E-state index contributed by atoms with van der Waals surface area (Å²) in [6, 6.07) is 6.16. The van der Waals surface area contributed by atoms with Gasteiger partial charge in [-0.15, -0.1) is 0 Å². The van der Waals surface area contributed by atoms with Crippen molar-refractivity contribution in [1.29, 1.82) is 0 Å². The van der Waals surface area contributed by atoms with Gasteiger partial charge in [0.05, 0.1) is 17.5 Å². The van der Waals surface area contributed by atoms with Gasteiger partial charge in [-0.25, -0.2) is 0 Å². The van der Waals surface area contributed by atoms with Crippen LogP contribution in [0.4, 0.5) is 0 Å². The van der Waals surface area contributed by atoms with Gasteiger partial charge >= 0.3 is 0 Å². The molecule has 0 aromatic heterocycles. The quantitative estimate of drug-likeness (QED) is 0.551. The lowest BCUT2D eigenvalue weighted by Gasteiger charge is -2.08. The first-order chi connectivity index (χ1) is 8.33. The van der Waals surface area contributed by atoms with Crippen LogP contribution in [0.3, 0.4) is 0 Å². The predicted molar refractivity (Wildman–Crippen MR) is 63.1 cm³/mol. The highest BCUT2D eigenvalue weighted by Crippen LogP contribution is 2.13. The Hall–Kier alpha value is -1.66. The average molecular weight is 269 g/mol. The average Bonchev–Trinajstić information content (AvgIpc) is 2.29. The zero-order valence-corrected chi connectivity index (χ0v) is 10.7. The van der Waals surface area contributed by atoms with Crippen LogP contribution in [0.5, 0.6) is 0 Å². The molecule has 0 N–H and O–H groups in total. The van der Waals surface area contributed by atoms with E-state index in [1.165, 1.54) is 12.1 Å². The molecule has 1 aromatic carbocycles. The van der Waals surface area contributed by atoms with Gasteiger partial charge in [0.15, 0.2) is 0 Å². The first kappa shape index (κ1) is 14.4. The van der Waals surface area contributed by atoms with Crippen molar-refractivity contribution in [3.05, 3.63) is 42.0 Å². The van der Waals surface area contributed by atoms with Crippen molar-refractivity contribution in [3.63, 3.8) is 0 Å². The maximum Gasteiger partial charge on any atom is 0.296 e.